The molecule has 0 bridgehead atoms. The second kappa shape index (κ2) is 4.72. The number of hydrogen-bond donors (Lipinski definition) is 2. The largest absolute Gasteiger partial charge is 0.496 e. The molecule has 0 amide bonds. The van der Waals surface area contributed by atoms with Gasteiger partial charge in [0.05, 0.1) is 18.5 Å². The van der Waals surface area contributed by atoms with E-state index >= 15 is 0 Å². The Morgan fingerprint density at radius 1 is 1.33 bits per heavy atom. The number of aryl methyl sites for hydroxylation is 1. The van der Waals surface area contributed by atoms with Crippen LogP contribution in [0.3, 0.4) is 0 Å². The molecule has 0 atom stereocenters. The van der Waals surface area contributed by atoms with Crippen LogP contribution >= 0.6 is 0 Å². The maximum Gasteiger partial charge on any atom is 0.122 e. The summed E-state index contributed by atoms with van der Waals surface area (Å²) >= 11 is 0. The average molecular weight is 245 g/mol. The Labute approximate surface area is 107 Å². The molecule has 18 heavy (non-hydrogen) atoms. The van der Waals surface area contributed by atoms with Gasteiger partial charge in [0.15, 0.2) is 0 Å². The number of nitrogens with zero attached hydrogens (tertiary/aromatic N) is 1. The lowest BCUT2D eigenvalue weighted by Crippen LogP contribution is -1.96. The molecular weight excluding hydrogens is 226 g/mol. The topological polar surface area (TPSA) is 63.9 Å². The van der Waals surface area contributed by atoms with Gasteiger partial charge in [-0.2, -0.15) is 5.10 Å². The van der Waals surface area contributed by atoms with E-state index in [4.69, 9.17) is 10.5 Å². The first-order valence-electron chi connectivity index (χ1n) is 6.03. The Morgan fingerprint density at radius 3 is 2.56 bits per heavy atom. The summed E-state index contributed by atoms with van der Waals surface area (Å²) < 4.78 is 5.37. The minimum absolute atomic E-state index is 0.390. The smallest absolute Gasteiger partial charge is 0.122 e. The molecule has 0 aliphatic carbocycles. The van der Waals surface area contributed by atoms with Gasteiger partial charge in [-0.1, -0.05) is 13.8 Å². The van der Waals surface area contributed by atoms with E-state index in [1.165, 1.54) is 0 Å². The Kier molecular flexibility index (Phi) is 3.28. The van der Waals surface area contributed by atoms with Gasteiger partial charge in [-0.3, -0.25) is 5.10 Å². The molecule has 0 aliphatic rings. The zero-order valence-electron chi connectivity index (χ0n) is 11.2. The third kappa shape index (κ3) is 2.06. The van der Waals surface area contributed by atoms with E-state index in [9.17, 15) is 0 Å². The first-order valence-corrected chi connectivity index (χ1v) is 6.03. The average Bonchev–Trinajstić information content (AvgIpc) is 2.69. The number of anilines is 1. The number of aromatic amines is 1. The first kappa shape index (κ1) is 12.5. The predicted molar refractivity (Wildman–Crippen MR) is 73.8 cm³/mol. The highest BCUT2D eigenvalue weighted by atomic mass is 16.5. The summed E-state index contributed by atoms with van der Waals surface area (Å²) in [5, 5.41) is 7.16. The number of hydrogen-bond acceptors (Lipinski definition) is 3. The number of H-pyrrole nitrogens is 1. The van der Waals surface area contributed by atoms with Crippen LogP contribution in [0.15, 0.2) is 18.2 Å². The highest BCUT2D eigenvalue weighted by Crippen LogP contribution is 2.33. The highest BCUT2D eigenvalue weighted by Gasteiger charge is 2.13. The van der Waals surface area contributed by atoms with Crippen molar-refractivity contribution in [1.82, 2.24) is 10.2 Å². The van der Waals surface area contributed by atoms with Crippen molar-refractivity contribution >= 4 is 5.69 Å². The first-order chi connectivity index (χ1) is 8.54. The fraction of sp³-hybridized carbons (Fsp3) is 0.357. The molecule has 0 unspecified atom stereocenters. The molecule has 2 aromatic rings. The van der Waals surface area contributed by atoms with Gasteiger partial charge in [0, 0.05) is 5.56 Å². The van der Waals surface area contributed by atoms with Crippen LogP contribution in [0.4, 0.5) is 5.69 Å². The zero-order chi connectivity index (χ0) is 13.3. The van der Waals surface area contributed by atoms with E-state index in [-0.39, 0.29) is 0 Å². The minimum Gasteiger partial charge on any atom is -0.496 e. The summed E-state index contributed by atoms with van der Waals surface area (Å²) in [5.74, 6) is 1.29. The Balaban J connectivity index is 2.53. The fourth-order valence-electron chi connectivity index (χ4n) is 1.99. The van der Waals surface area contributed by atoms with Gasteiger partial charge in [0.25, 0.3) is 0 Å². The number of nitrogen functional groups attached to an aromatic ring is 1. The molecule has 0 fully saturated rings. The van der Waals surface area contributed by atoms with Crippen molar-refractivity contribution in [3.63, 3.8) is 0 Å². The molecule has 4 nitrogen and oxygen atoms in total. The molecule has 96 valence electrons. The summed E-state index contributed by atoms with van der Waals surface area (Å²) in [6, 6.07) is 6.04. The van der Waals surface area contributed by atoms with Crippen molar-refractivity contribution < 1.29 is 4.74 Å². The van der Waals surface area contributed by atoms with Crippen molar-refractivity contribution in [2.45, 2.75) is 26.7 Å². The van der Waals surface area contributed by atoms with Gasteiger partial charge in [-0.15, -0.1) is 0 Å². The van der Waals surface area contributed by atoms with Gasteiger partial charge in [-0.25, -0.2) is 0 Å². The highest BCUT2D eigenvalue weighted by molar-refractivity contribution is 5.75. The normalized spacial score (nSPS) is 10.9. The van der Waals surface area contributed by atoms with Crippen molar-refractivity contribution in [3.8, 4) is 17.0 Å². The number of ether oxygens (including phenoxy) is 1. The summed E-state index contributed by atoms with van der Waals surface area (Å²) in [6.45, 7) is 6.19. The van der Waals surface area contributed by atoms with Gasteiger partial charge in [0.1, 0.15) is 11.4 Å². The lowest BCUT2D eigenvalue weighted by Gasteiger charge is -2.13. The Bertz CT molecular complexity index is 558. The molecule has 0 saturated heterocycles. The quantitative estimate of drug-likeness (QED) is 0.873. The van der Waals surface area contributed by atoms with Gasteiger partial charge < -0.3 is 10.5 Å². The molecule has 2 rings (SSSR count). The van der Waals surface area contributed by atoms with Crippen molar-refractivity contribution in [1.29, 1.82) is 0 Å². The van der Waals surface area contributed by atoms with Crippen LogP contribution in [0, 0.1) is 6.92 Å². The van der Waals surface area contributed by atoms with Crippen molar-refractivity contribution in [2.24, 2.45) is 0 Å². The molecule has 0 aliphatic heterocycles. The minimum atomic E-state index is 0.390. The van der Waals surface area contributed by atoms with E-state index in [2.05, 4.69) is 30.1 Å². The number of benzene rings is 1. The monoisotopic (exact) mass is 245 g/mol. The molecule has 0 spiro atoms. The summed E-state index contributed by atoms with van der Waals surface area (Å²) in [6.07, 6.45) is 0. The number of rotatable bonds is 3. The summed E-state index contributed by atoms with van der Waals surface area (Å²) in [5.41, 5.74) is 10.6. The molecule has 3 N–H and O–H groups in total. The Morgan fingerprint density at radius 2 is 2.06 bits per heavy atom. The van der Waals surface area contributed by atoms with Crippen LogP contribution in [-0.4, -0.2) is 17.3 Å². The lowest BCUT2D eigenvalue weighted by molar-refractivity contribution is 0.407. The Hall–Kier alpha value is -1.97. The number of aromatic nitrogens is 2. The van der Waals surface area contributed by atoms with E-state index in [1.54, 1.807) is 7.11 Å². The maximum atomic E-state index is 6.01. The third-order valence-electron chi connectivity index (χ3n) is 3.12. The lowest BCUT2D eigenvalue weighted by atomic mass is 9.98. The van der Waals surface area contributed by atoms with E-state index < -0.39 is 0 Å². The number of nitrogens with two attached hydrogens (primary N) is 1. The van der Waals surface area contributed by atoms with Crippen LogP contribution in [0.1, 0.15) is 31.0 Å². The van der Waals surface area contributed by atoms with Gasteiger partial charge in [0.2, 0.25) is 0 Å². The van der Waals surface area contributed by atoms with Crippen LogP contribution in [0.2, 0.25) is 0 Å². The maximum absolute atomic E-state index is 6.01. The molecule has 4 heteroatoms. The molecule has 1 aromatic carbocycles. The van der Waals surface area contributed by atoms with Crippen LogP contribution < -0.4 is 10.5 Å². The fourth-order valence-corrected chi connectivity index (χ4v) is 1.99. The van der Waals surface area contributed by atoms with E-state index in [1.807, 2.05) is 19.1 Å². The van der Waals surface area contributed by atoms with Gasteiger partial charge >= 0.3 is 0 Å². The third-order valence-corrected chi connectivity index (χ3v) is 3.12. The predicted octanol–water partition coefficient (Wildman–Crippen LogP) is 3.10. The van der Waals surface area contributed by atoms with Gasteiger partial charge in [-0.05, 0) is 36.6 Å². The van der Waals surface area contributed by atoms with Crippen LogP contribution in [-0.2, 0) is 0 Å². The van der Waals surface area contributed by atoms with Crippen molar-refractivity contribution in [2.75, 3.05) is 12.8 Å². The number of methoxy groups -OCH3 is 1. The molecule has 1 aromatic heterocycles. The van der Waals surface area contributed by atoms with Crippen LogP contribution in [0.25, 0.3) is 11.3 Å². The molecule has 0 saturated carbocycles. The SMILES string of the molecule is COc1ccc(-c2n[nH]c(C)c2N)cc1C(C)C. The summed E-state index contributed by atoms with van der Waals surface area (Å²) in [7, 11) is 1.69. The second-order valence-electron chi connectivity index (χ2n) is 4.72. The molecule has 1 heterocycles. The zero-order valence-corrected chi connectivity index (χ0v) is 11.2. The second-order valence-corrected chi connectivity index (χ2v) is 4.72. The van der Waals surface area contributed by atoms with E-state index in [0.717, 1.165) is 28.3 Å². The van der Waals surface area contributed by atoms with E-state index in [0.29, 0.717) is 11.6 Å². The molecular formula is C14H19N3O. The standard InChI is InChI=1S/C14H19N3O/c1-8(2)11-7-10(5-6-12(11)18-4)14-13(15)9(3)16-17-14/h5-8H,15H2,1-4H3,(H,16,17). The molecule has 0 radical (unpaired) electrons. The van der Waals surface area contributed by atoms with Crippen LogP contribution in [0.5, 0.6) is 5.75 Å². The van der Waals surface area contributed by atoms with Crippen molar-refractivity contribution in [3.05, 3.63) is 29.5 Å². The summed E-state index contributed by atoms with van der Waals surface area (Å²) in [4.78, 5) is 0. The number of nitrogens with one attached hydrogen (secondary N) is 1.